The number of rotatable bonds is 3. The second kappa shape index (κ2) is 12.2. The monoisotopic (exact) mass is 799 g/mol. The van der Waals surface area contributed by atoms with Gasteiger partial charge in [-0.25, -0.2) is 0 Å². The zero-order valence-corrected chi connectivity index (χ0v) is 33.7. The van der Waals surface area contributed by atoms with Crippen LogP contribution in [-0.2, 0) is 5.41 Å². The van der Waals surface area contributed by atoms with Gasteiger partial charge in [-0.05, 0) is 94.2 Å². The average molecular weight is 800 g/mol. The second-order valence-corrected chi connectivity index (χ2v) is 17.0. The van der Waals surface area contributed by atoms with E-state index in [2.05, 4.69) is 125 Å². The van der Waals surface area contributed by atoms with Crippen molar-refractivity contribution in [2.24, 2.45) is 0 Å². The molecule has 11 aromatic rings. The first kappa shape index (κ1) is 26.5. The summed E-state index contributed by atoms with van der Waals surface area (Å²) in [5.41, 5.74) is 12.0. The zero-order chi connectivity index (χ0) is 48.7. The smallest absolute Gasteiger partial charge is 0.252 e. The Labute approximate surface area is 372 Å². The van der Waals surface area contributed by atoms with Gasteiger partial charge < -0.3 is 18.9 Å². The largest absolute Gasteiger partial charge is 0.311 e. The summed E-state index contributed by atoms with van der Waals surface area (Å²) in [7, 11) is 0. The second-order valence-electron chi connectivity index (χ2n) is 17.0. The van der Waals surface area contributed by atoms with Crippen molar-refractivity contribution in [3.8, 4) is 11.4 Å². The van der Waals surface area contributed by atoms with E-state index in [-0.39, 0.29) is 34.3 Å². The quantitative estimate of drug-likeness (QED) is 0.166. The van der Waals surface area contributed by atoms with Crippen molar-refractivity contribution in [1.29, 1.82) is 0 Å². The molecule has 3 aliphatic heterocycles. The third-order valence-electron chi connectivity index (χ3n) is 13.6. The van der Waals surface area contributed by atoms with E-state index in [4.69, 9.17) is 6.85 Å². The van der Waals surface area contributed by atoms with Crippen molar-refractivity contribution in [1.82, 2.24) is 9.13 Å². The van der Waals surface area contributed by atoms with Crippen LogP contribution in [0.5, 0.6) is 0 Å². The van der Waals surface area contributed by atoms with E-state index >= 15 is 0 Å². The summed E-state index contributed by atoms with van der Waals surface area (Å²) < 4.78 is 88.2. The number of nitrogens with zero attached hydrogens (tertiary/aromatic N) is 4. The van der Waals surface area contributed by atoms with Crippen molar-refractivity contribution in [2.45, 2.75) is 19.3 Å². The fraction of sp³-hybridized carbons (Fsp3) is 0.0526. The third kappa shape index (κ3) is 4.27. The lowest BCUT2D eigenvalue weighted by Crippen LogP contribution is -2.60. The summed E-state index contributed by atoms with van der Waals surface area (Å²) in [4.78, 5) is 3.77. The predicted octanol–water partition coefficient (Wildman–Crippen LogP) is 12.6. The molecule has 0 atom stereocenters. The third-order valence-corrected chi connectivity index (χ3v) is 13.6. The topological polar surface area (TPSA) is 16.3 Å². The molecule has 9 aromatic carbocycles. The molecule has 14 rings (SSSR count). The van der Waals surface area contributed by atoms with Crippen molar-refractivity contribution < 1.29 is 12.3 Å². The van der Waals surface area contributed by atoms with Gasteiger partial charge in [0.25, 0.3) is 6.71 Å². The van der Waals surface area contributed by atoms with Crippen LogP contribution in [0.2, 0.25) is 0 Å². The summed E-state index contributed by atoms with van der Waals surface area (Å²) in [6.07, 6.45) is 0. The molecule has 5 heteroatoms. The van der Waals surface area contributed by atoms with E-state index in [1.54, 1.807) is 0 Å². The number of para-hydroxylation sites is 7. The lowest BCUT2D eigenvalue weighted by atomic mass is 9.34. The Bertz CT molecular complexity index is 4160. The van der Waals surface area contributed by atoms with Gasteiger partial charge in [0, 0.05) is 60.9 Å². The van der Waals surface area contributed by atoms with Gasteiger partial charge in [-0.3, -0.25) is 0 Å². The maximum absolute atomic E-state index is 9.79. The van der Waals surface area contributed by atoms with Crippen LogP contribution in [0, 0.1) is 0 Å². The molecular formula is C57H39BN4. The average Bonchev–Trinajstić information content (AvgIpc) is 3.92. The van der Waals surface area contributed by atoms with E-state index in [0.717, 1.165) is 83.0 Å². The molecule has 0 radical (unpaired) electrons. The first-order valence-corrected chi connectivity index (χ1v) is 21.0. The molecule has 0 unspecified atom stereocenters. The first-order chi connectivity index (χ1) is 34.3. The number of anilines is 6. The molecule has 0 saturated carbocycles. The molecule has 0 N–H and O–H groups in total. The van der Waals surface area contributed by atoms with E-state index in [9.17, 15) is 5.48 Å². The number of fused-ring (bicyclic) bond motifs is 13. The van der Waals surface area contributed by atoms with Crippen LogP contribution in [0.4, 0.5) is 34.1 Å². The van der Waals surface area contributed by atoms with Gasteiger partial charge in [0.15, 0.2) is 0 Å². The number of hydrogen-bond acceptors (Lipinski definition) is 2. The lowest BCUT2D eigenvalue weighted by Gasteiger charge is -2.44. The van der Waals surface area contributed by atoms with Crippen molar-refractivity contribution >= 4 is 101 Å². The van der Waals surface area contributed by atoms with E-state index in [0.29, 0.717) is 16.8 Å². The van der Waals surface area contributed by atoms with Crippen LogP contribution in [-0.4, -0.2) is 15.8 Å². The zero-order valence-electron chi connectivity index (χ0n) is 42.7. The number of aromatic nitrogens is 2. The maximum Gasteiger partial charge on any atom is 0.252 e. The van der Waals surface area contributed by atoms with Crippen LogP contribution >= 0.6 is 0 Å². The highest BCUT2D eigenvalue weighted by Gasteiger charge is 2.44. The van der Waals surface area contributed by atoms with Gasteiger partial charge in [0.05, 0.1) is 45.9 Å². The summed E-state index contributed by atoms with van der Waals surface area (Å²) in [6, 6.07) is 45.9. The standard InChI is InChI=1S/C57H39BN4/c1-57(2)42-24-10-14-29-47(42)61(48-30-15-11-25-43(48)57)38-34-51-54-52(35-38)62-55-39(23-17-27-45(55)58(54)44-26-12-16-31-49(44)60(51)37-20-7-4-8-21-37)40-32-33-50-53(56(40)62)41-22-9-13-28-46(41)59(50)36-18-5-3-6-19-36/h3-35H,1-2H3/i4D,7D,8D,12D,16D,20D,21D,26D,31D. The van der Waals surface area contributed by atoms with Gasteiger partial charge in [-0.15, -0.1) is 0 Å². The Kier molecular flexibility index (Phi) is 5.20. The van der Waals surface area contributed by atoms with Gasteiger partial charge in [0.1, 0.15) is 0 Å². The molecule has 0 aliphatic carbocycles. The van der Waals surface area contributed by atoms with Crippen molar-refractivity contribution in [2.75, 3.05) is 9.80 Å². The molecule has 3 aliphatic rings. The van der Waals surface area contributed by atoms with Crippen LogP contribution in [0.3, 0.4) is 0 Å². The van der Waals surface area contributed by atoms with E-state index in [1.165, 1.54) is 4.90 Å². The fourth-order valence-electron chi connectivity index (χ4n) is 11.2. The minimum Gasteiger partial charge on any atom is -0.311 e. The highest BCUT2D eigenvalue weighted by molar-refractivity contribution is 7.00. The molecule has 2 aromatic heterocycles. The summed E-state index contributed by atoms with van der Waals surface area (Å²) in [5, 5.41) is 4.04. The van der Waals surface area contributed by atoms with Gasteiger partial charge in [-0.1, -0.05) is 147 Å². The lowest BCUT2D eigenvalue weighted by molar-refractivity contribution is 0.632. The molecule has 290 valence electrons. The predicted molar refractivity (Wildman–Crippen MR) is 261 cm³/mol. The van der Waals surface area contributed by atoms with Gasteiger partial charge in [0.2, 0.25) is 0 Å². The molecule has 0 spiro atoms. The Morgan fingerprint density at radius 3 is 1.89 bits per heavy atom. The summed E-state index contributed by atoms with van der Waals surface area (Å²) in [6.45, 7) is 3.68. The first-order valence-electron chi connectivity index (χ1n) is 25.5. The SMILES string of the molecule is [2H]c1c([2H])c([2H])c(N2c3cc(N4c5ccccc5C(C)(C)c5ccccc54)cc4c3B(c3c([2H])c([2H])c([2H])c([2H])c32)c2cccc3c5ccc6c(c7ccccc7n6-c6ccccc6)c5n-4c23)c([2H])c1[2H]. The Hall–Kier alpha value is -7.76. The fourth-order valence-corrected chi connectivity index (χ4v) is 11.2. The summed E-state index contributed by atoms with van der Waals surface area (Å²) >= 11 is 0. The van der Waals surface area contributed by atoms with E-state index in [1.807, 2.05) is 48.5 Å². The Balaban J connectivity index is 1.23. The summed E-state index contributed by atoms with van der Waals surface area (Å²) in [5.74, 6) is 0. The molecule has 0 saturated heterocycles. The van der Waals surface area contributed by atoms with Crippen molar-refractivity contribution in [3.05, 3.63) is 211 Å². The molecule has 0 fully saturated rings. The highest BCUT2D eigenvalue weighted by Crippen LogP contribution is 2.54. The van der Waals surface area contributed by atoms with Crippen molar-refractivity contribution in [3.63, 3.8) is 0 Å². The van der Waals surface area contributed by atoms with Crippen LogP contribution in [0.1, 0.15) is 37.3 Å². The maximum atomic E-state index is 9.79. The van der Waals surface area contributed by atoms with Crippen LogP contribution in [0.25, 0.3) is 55.0 Å². The Morgan fingerprint density at radius 1 is 0.435 bits per heavy atom. The van der Waals surface area contributed by atoms with Gasteiger partial charge in [-0.2, -0.15) is 0 Å². The van der Waals surface area contributed by atoms with Gasteiger partial charge >= 0.3 is 0 Å². The van der Waals surface area contributed by atoms with E-state index < -0.39 is 49.0 Å². The molecule has 0 amide bonds. The van der Waals surface area contributed by atoms with Crippen LogP contribution < -0.4 is 26.2 Å². The normalized spacial score (nSPS) is 16.4. The number of benzene rings is 9. The molecule has 0 bridgehead atoms. The highest BCUT2D eigenvalue weighted by atomic mass is 15.2. The number of hydrogen-bond donors (Lipinski definition) is 0. The molecular weight excluding hydrogens is 751 g/mol. The Morgan fingerprint density at radius 2 is 1.08 bits per heavy atom. The molecule has 5 heterocycles. The van der Waals surface area contributed by atoms with Crippen LogP contribution in [0.15, 0.2) is 200 Å². The molecule has 4 nitrogen and oxygen atoms in total. The minimum atomic E-state index is -0.770. The molecule has 62 heavy (non-hydrogen) atoms. The minimum absolute atomic E-state index is 0.0330.